The average molecular weight is 451 g/mol. The minimum absolute atomic E-state index is 0.317. The molecule has 9 heteroatoms. The number of imidazole rings is 1. The van der Waals surface area contributed by atoms with E-state index in [-0.39, 0.29) is 5.91 Å². The Morgan fingerprint density at radius 2 is 2.00 bits per heavy atom. The van der Waals surface area contributed by atoms with Crippen molar-refractivity contribution in [3.63, 3.8) is 0 Å². The van der Waals surface area contributed by atoms with Crippen molar-refractivity contribution in [1.82, 2.24) is 19.2 Å². The molecule has 130 valence electrons. The zero-order chi connectivity index (χ0) is 18.3. The molecule has 0 saturated heterocycles. The van der Waals surface area contributed by atoms with E-state index in [4.69, 9.17) is 23.2 Å². The number of pyridine rings is 1. The van der Waals surface area contributed by atoms with E-state index in [2.05, 4.69) is 31.3 Å². The number of halogens is 3. The normalized spacial score (nSPS) is 11.0. The first-order valence-corrected chi connectivity index (χ1v) is 9.01. The maximum Gasteiger partial charge on any atom is 0.275 e. The zero-order valence-corrected chi connectivity index (χ0v) is 16.1. The molecule has 1 N–H and O–H groups in total. The number of fused-ring (bicyclic) bond motifs is 1. The van der Waals surface area contributed by atoms with Gasteiger partial charge in [-0.2, -0.15) is 0 Å². The smallest absolute Gasteiger partial charge is 0.275 e. The summed E-state index contributed by atoms with van der Waals surface area (Å²) in [6.45, 7) is 0. The number of hydrogen-bond acceptors (Lipinski definition) is 3. The van der Waals surface area contributed by atoms with Gasteiger partial charge in [-0.25, -0.2) is 9.67 Å². The van der Waals surface area contributed by atoms with Crippen LogP contribution in [0.1, 0.15) is 10.5 Å². The third-order valence-corrected chi connectivity index (χ3v) is 4.70. The number of nitrogens with one attached hydrogen (secondary N) is 1. The minimum Gasteiger partial charge on any atom is -0.304 e. The molecule has 0 spiro atoms. The Morgan fingerprint density at radius 1 is 1.15 bits per heavy atom. The summed E-state index contributed by atoms with van der Waals surface area (Å²) in [4.78, 5) is 16.8. The van der Waals surface area contributed by atoms with Gasteiger partial charge in [0, 0.05) is 28.0 Å². The Labute approximate surface area is 166 Å². The average Bonchev–Trinajstić information content (AvgIpc) is 3.21. The van der Waals surface area contributed by atoms with Gasteiger partial charge in [0.2, 0.25) is 0 Å². The second-order valence-electron chi connectivity index (χ2n) is 5.41. The van der Waals surface area contributed by atoms with Crippen molar-refractivity contribution in [3.05, 3.63) is 75.2 Å². The molecule has 26 heavy (non-hydrogen) atoms. The molecule has 0 aliphatic heterocycles. The van der Waals surface area contributed by atoms with Crippen LogP contribution in [0.3, 0.4) is 0 Å². The molecule has 0 unspecified atom stereocenters. The van der Waals surface area contributed by atoms with Crippen LogP contribution in [0, 0.1) is 0 Å². The SMILES string of the molecule is O=C(Nc1ccn(-c2ccc(Cl)cc2Cl)n1)c1cnc2ccc(Br)cn12. The first kappa shape index (κ1) is 17.1. The fourth-order valence-electron chi connectivity index (χ4n) is 2.49. The van der Waals surface area contributed by atoms with Crippen LogP contribution in [0.15, 0.2) is 59.5 Å². The van der Waals surface area contributed by atoms with Crippen LogP contribution in [-0.4, -0.2) is 25.1 Å². The number of anilines is 1. The summed E-state index contributed by atoms with van der Waals surface area (Å²) in [6.07, 6.45) is 5.00. The van der Waals surface area contributed by atoms with Gasteiger partial charge in [-0.05, 0) is 46.3 Å². The highest BCUT2D eigenvalue weighted by atomic mass is 79.9. The quantitative estimate of drug-likeness (QED) is 0.485. The summed E-state index contributed by atoms with van der Waals surface area (Å²) in [6, 6.07) is 10.5. The molecular formula is C17H10BrCl2N5O. The fourth-order valence-corrected chi connectivity index (χ4v) is 3.33. The second-order valence-corrected chi connectivity index (χ2v) is 7.17. The number of hydrogen-bond donors (Lipinski definition) is 1. The lowest BCUT2D eigenvalue weighted by atomic mass is 10.3. The van der Waals surface area contributed by atoms with Crippen LogP contribution in [0.25, 0.3) is 11.3 Å². The van der Waals surface area contributed by atoms with E-state index in [0.717, 1.165) is 4.47 Å². The molecule has 0 aliphatic rings. The van der Waals surface area contributed by atoms with E-state index in [1.807, 2.05) is 12.1 Å². The maximum absolute atomic E-state index is 12.6. The Bertz CT molecular complexity index is 1140. The van der Waals surface area contributed by atoms with Crippen LogP contribution in [0.5, 0.6) is 0 Å². The Hall–Kier alpha value is -2.35. The summed E-state index contributed by atoms with van der Waals surface area (Å²) in [5.74, 6) is 0.0778. The Morgan fingerprint density at radius 3 is 2.81 bits per heavy atom. The predicted molar refractivity (Wildman–Crippen MR) is 104 cm³/mol. The van der Waals surface area contributed by atoms with Gasteiger partial charge in [-0.1, -0.05) is 23.2 Å². The van der Waals surface area contributed by atoms with Crippen molar-refractivity contribution >= 4 is 56.5 Å². The summed E-state index contributed by atoms with van der Waals surface area (Å²) >= 11 is 15.5. The molecule has 3 heterocycles. The summed E-state index contributed by atoms with van der Waals surface area (Å²) in [5.41, 5.74) is 1.74. The van der Waals surface area contributed by atoms with Crippen molar-refractivity contribution in [3.8, 4) is 5.69 Å². The van der Waals surface area contributed by atoms with Crippen LogP contribution in [-0.2, 0) is 0 Å². The van der Waals surface area contributed by atoms with Crippen molar-refractivity contribution in [2.75, 3.05) is 5.32 Å². The largest absolute Gasteiger partial charge is 0.304 e. The van der Waals surface area contributed by atoms with E-state index in [1.54, 1.807) is 45.7 Å². The molecule has 0 fully saturated rings. The first-order valence-electron chi connectivity index (χ1n) is 7.46. The van der Waals surface area contributed by atoms with Crippen LogP contribution in [0.2, 0.25) is 10.0 Å². The highest BCUT2D eigenvalue weighted by Gasteiger charge is 2.14. The van der Waals surface area contributed by atoms with Gasteiger partial charge in [0.25, 0.3) is 5.91 Å². The predicted octanol–water partition coefficient (Wildman–Crippen LogP) is 4.84. The number of carbonyl (C=O) groups excluding carboxylic acids is 1. The lowest BCUT2D eigenvalue weighted by molar-refractivity contribution is 0.102. The maximum atomic E-state index is 12.6. The lowest BCUT2D eigenvalue weighted by Crippen LogP contribution is -2.15. The van der Waals surface area contributed by atoms with E-state index in [0.29, 0.717) is 32.9 Å². The van der Waals surface area contributed by atoms with E-state index < -0.39 is 0 Å². The molecule has 0 aliphatic carbocycles. The number of benzene rings is 1. The number of aromatic nitrogens is 4. The van der Waals surface area contributed by atoms with Crippen molar-refractivity contribution in [2.24, 2.45) is 0 Å². The molecule has 6 nitrogen and oxygen atoms in total. The number of nitrogens with zero attached hydrogens (tertiary/aromatic N) is 4. The third kappa shape index (κ3) is 3.21. The molecule has 3 aromatic heterocycles. The summed E-state index contributed by atoms with van der Waals surface area (Å²) < 4.78 is 4.12. The van der Waals surface area contributed by atoms with Gasteiger partial charge >= 0.3 is 0 Å². The monoisotopic (exact) mass is 449 g/mol. The Kier molecular flexibility index (Phi) is 4.44. The molecule has 1 aromatic carbocycles. The van der Waals surface area contributed by atoms with Crippen molar-refractivity contribution in [1.29, 1.82) is 0 Å². The highest BCUT2D eigenvalue weighted by molar-refractivity contribution is 9.10. The molecule has 0 bridgehead atoms. The molecule has 0 saturated carbocycles. The summed E-state index contributed by atoms with van der Waals surface area (Å²) in [5, 5.41) is 8.10. The van der Waals surface area contributed by atoms with Crippen molar-refractivity contribution < 1.29 is 4.79 Å². The molecule has 4 rings (SSSR count). The van der Waals surface area contributed by atoms with Gasteiger partial charge in [0.05, 0.1) is 16.9 Å². The van der Waals surface area contributed by atoms with Gasteiger partial charge < -0.3 is 5.32 Å². The van der Waals surface area contributed by atoms with E-state index in [1.165, 1.54) is 6.20 Å². The molecule has 1 amide bonds. The van der Waals surface area contributed by atoms with E-state index in [9.17, 15) is 4.79 Å². The minimum atomic E-state index is -0.317. The summed E-state index contributed by atoms with van der Waals surface area (Å²) in [7, 11) is 0. The third-order valence-electron chi connectivity index (χ3n) is 3.69. The van der Waals surface area contributed by atoms with Gasteiger partial charge in [-0.3, -0.25) is 9.20 Å². The first-order chi connectivity index (χ1) is 12.5. The number of amides is 1. The fraction of sp³-hybridized carbons (Fsp3) is 0. The molecular weight excluding hydrogens is 441 g/mol. The molecule has 0 radical (unpaired) electrons. The second kappa shape index (κ2) is 6.75. The topological polar surface area (TPSA) is 64.2 Å². The van der Waals surface area contributed by atoms with Gasteiger partial charge in [0.1, 0.15) is 11.3 Å². The van der Waals surface area contributed by atoms with Gasteiger partial charge in [-0.15, -0.1) is 5.10 Å². The Balaban J connectivity index is 1.60. The standard InChI is InChI=1S/C17H10BrCl2N5O/c18-10-1-4-16-21-8-14(24(16)9-10)17(26)22-15-5-6-25(23-15)13-3-2-11(19)7-12(13)20/h1-9H,(H,22,23,26). The zero-order valence-electron chi connectivity index (χ0n) is 13.0. The van der Waals surface area contributed by atoms with Crippen LogP contribution in [0.4, 0.5) is 5.82 Å². The number of carbonyl (C=O) groups is 1. The molecule has 0 atom stereocenters. The van der Waals surface area contributed by atoms with Crippen LogP contribution >= 0.6 is 39.1 Å². The van der Waals surface area contributed by atoms with Crippen molar-refractivity contribution in [2.45, 2.75) is 0 Å². The van der Waals surface area contributed by atoms with E-state index >= 15 is 0 Å². The lowest BCUT2D eigenvalue weighted by Gasteiger charge is -2.05. The van der Waals surface area contributed by atoms with Gasteiger partial charge in [0.15, 0.2) is 5.82 Å². The molecule has 4 aromatic rings. The number of rotatable bonds is 3. The highest BCUT2D eigenvalue weighted by Crippen LogP contribution is 2.24. The van der Waals surface area contributed by atoms with Crippen LogP contribution < -0.4 is 5.32 Å².